The van der Waals surface area contributed by atoms with E-state index in [0.29, 0.717) is 11.7 Å². The van der Waals surface area contributed by atoms with Crippen molar-refractivity contribution < 1.29 is 9.32 Å². The monoisotopic (exact) mass is 250 g/mol. The Morgan fingerprint density at radius 3 is 2.78 bits per heavy atom. The largest absolute Gasteiger partial charge is 0.343 e. The normalized spacial score (nSPS) is 22.7. The van der Waals surface area contributed by atoms with Gasteiger partial charge in [-0.2, -0.15) is 4.98 Å². The fourth-order valence-corrected chi connectivity index (χ4v) is 2.52. The summed E-state index contributed by atoms with van der Waals surface area (Å²) in [5.74, 6) is 1.77. The summed E-state index contributed by atoms with van der Waals surface area (Å²) in [6.07, 6.45) is 3.87. The Hall–Kier alpha value is -1.43. The average Bonchev–Trinajstić information content (AvgIpc) is 3.07. The van der Waals surface area contributed by atoms with Gasteiger partial charge in [-0.05, 0) is 38.8 Å². The number of hydrogen-bond acceptors (Lipinski definition) is 5. The number of carbonyl (C=O) groups is 1. The van der Waals surface area contributed by atoms with E-state index in [1.54, 1.807) is 0 Å². The van der Waals surface area contributed by atoms with Gasteiger partial charge >= 0.3 is 0 Å². The maximum Gasteiger partial charge on any atom is 0.229 e. The lowest BCUT2D eigenvalue weighted by Gasteiger charge is -2.35. The van der Waals surface area contributed by atoms with Crippen LogP contribution in [0.2, 0.25) is 0 Å². The minimum absolute atomic E-state index is 0.0466. The minimum Gasteiger partial charge on any atom is -0.343 e. The van der Waals surface area contributed by atoms with Crippen molar-refractivity contribution in [1.82, 2.24) is 20.8 Å². The molecule has 3 rings (SSSR count). The van der Waals surface area contributed by atoms with E-state index < -0.39 is 5.54 Å². The maximum absolute atomic E-state index is 11.4. The SMILES string of the molecule is CC(=O)NC1(c2noc(C3CC3)n2)CCNCC1. The first-order valence-corrected chi connectivity index (χ1v) is 6.53. The third kappa shape index (κ3) is 2.12. The number of hydrogen-bond donors (Lipinski definition) is 2. The van der Waals surface area contributed by atoms with Crippen molar-refractivity contribution in [2.24, 2.45) is 0 Å². The second-order valence-electron chi connectivity index (χ2n) is 5.24. The van der Waals surface area contributed by atoms with Gasteiger partial charge in [0.2, 0.25) is 11.8 Å². The second-order valence-corrected chi connectivity index (χ2v) is 5.24. The topological polar surface area (TPSA) is 80.1 Å². The molecule has 1 aromatic rings. The first kappa shape index (κ1) is 11.6. The van der Waals surface area contributed by atoms with E-state index in [-0.39, 0.29) is 5.91 Å². The third-order valence-electron chi connectivity index (χ3n) is 3.67. The highest BCUT2D eigenvalue weighted by molar-refractivity contribution is 5.74. The van der Waals surface area contributed by atoms with Gasteiger partial charge in [-0.3, -0.25) is 4.79 Å². The number of rotatable bonds is 3. The first-order chi connectivity index (χ1) is 8.70. The molecule has 2 N–H and O–H groups in total. The summed E-state index contributed by atoms with van der Waals surface area (Å²) >= 11 is 0. The lowest BCUT2D eigenvalue weighted by atomic mass is 9.87. The molecule has 0 unspecified atom stereocenters. The van der Waals surface area contributed by atoms with Crippen LogP contribution in [0, 0.1) is 0 Å². The Morgan fingerprint density at radius 2 is 2.17 bits per heavy atom. The van der Waals surface area contributed by atoms with Crippen molar-refractivity contribution in [2.75, 3.05) is 13.1 Å². The standard InChI is InChI=1S/C12H18N4O2/c1-8(17)15-12(4-6-13-7-5-12)11-14-10(18-16-11)9-2-3-9/h9,13H,2-7H2,1H3,(H,15,17). The van der Waals surface area contributed by atoms with Crippen molar-refractivity contribution >= 4 is 5.91 Å². The third-order valence-corrected chi connectivity index (χ3v) is 3.67. The number of aromatic nitrogens is 2. The van der Waals surface area contributed by atoms with Crippen LogP contribution >= 0.6 is 0 Å². The number of piperidine rings is 1. The summed E-state index contributed by atoms with van der Waals surface area (Å²) in [4.78, 5) is 15.9. The van der Waals surface area contributed by atoms with Crippen LogP contribution in [0.4, 0.5) is 0 Å². The zero-order valence-electron chi connectivity index (χ0n) is 10.5. The summed E-state index contributed by atoms with van der Waals surface area (Å²) in [6.45, 7) is 3.24. The van der Waals surface area contributed by atoms with Crippen LogP contribution in [-0.2, 0) is 10.3 Å². The fraction of sp³-hybridized carbons (Fsp3) is 0.750. The van der Waals surface area contributed by atoms with E-state index in [1.807, 2.05) is 0 Å². The highest BCUT2D eigenvalue weighted by Crippen LogP contribution is 2.40. The van der Waals surface area contributed by atoms with Crippen LogP contribution in [0.25, 0.3) is 0 Å². The predicted octanol–water partition coefficient (Wildman–Crippen LogP) is 0.662. The van der Waals surface area contributed by atoms with Crippen LogP contribution in [-0.4, -0.2) is 29.1 Å². The van der Waals surface area contributed by atoms with Crippen molar-refractivity contribution in [3.05, 3.63) is 11.7 Å². The van der Waals surface area contributed by atoms with Gasteiger partial charge in [-0.25, -0.2) is 0 Å². The summed E-state index contributed by atoms with van der Waals surface area (Å²) < 4.78 is 5.32. The van der Waals surface area contributed by atoms with Crippen LogP contribution < -0.4 is 10.6 Å². The lowest BCUT2D eigenvalue weighted by molar-refractivity contribution is -0.121. The molecule has 6 nitrogen and oxygen atoms in total. The molecule has 1 amide bonds. The molecular formula is C12H18N4O2. The van der Waals surface area contributed by atoms with Crippen LogP contribution in [0.3, 0.4) is 0 Å². The summed E-state index contributed by atoms with van der Waals surface area (Å²) in [6, 6.07) is 0. The molecule has 1 saturated carbocycles. The summed E-state index contributed by atoms with van der Waals surface area (Å²) in [7, 11) is 0. The van der Waals surface area contributed by atoms with Gasteiger partial charge in [-0.15, -0.1) is 0 Å². The van der Waals surface area contributed by atoms with Crippen molar-refractivity contribution in [2.45, 2.75) is 44.1 Å². The highest BCUT2D eigenvalue weighted by Gasteiger charge is 2.40. The van der Waals surface area contributed by atoms with E-state index >= 15 is 0 Å². The molecule has 2 fully saturated rings. The van der Waals surface area contributed by atoms with Gasteiger partial charge in [0.1, 0.15) is 5.54 Å². The zero-order valence-corrected chi connectivity index (χ0v) is 10.5. The molecule has 0 aromatic carbocycles. The molecule has 2 aliphatic rings. The first-order valence-electron chi connectivity index (χ1n) is 6.53. The number of nitrogens with zero attached hydrogens (tertiary/aromatic N) is 2. The number of carbonyl (C=O) groups excluding carboxylic acids is 1. The van der Waals surface area contributed by atoms with Crippen molar-refractivity contribution in [3.63, 3.8) is 0 Å². The van der Waals surface area contributed by atoms with E-state index in [1.165, 1.54) is 6.92 Å². The molecule has 1 aliphatic carbocycles. The van der Waals surface area contributed by atoms with Gasteiger partial charge < -0.3 is 15.2 Å². The van der Waals surface area contributed by atoms with Crippen LogP contribution in [0.5, 0.6) is 0 Å². The van der Waals surface area contributed by atoms with Gasteiger partial charge in [0.15, 0.2) is 5.82 Å². The molecule has 1 saturated heterocycles. The minimum atomic E-state index is -0.451. The molecule has 6 heteroatoms. The number of amides is 1. The van der Waals surface area contributed by atoms with Gasteiger partial charge in [0.25, 0.3) is 0 Å². The lowest BCUT2D eigenvalue weighted by Crippen LogP contribution is -2.52. The van der Waals surface area contributed by atoms with Crippen LogP contribution in [0.1, 0.15) is 50.2 Å². The average molecular weight is 250 g/mol. The molecule has 1 aliphatic heterocycles. The van der Waals surface area contributed by atoms with Crippen molar-refractivity contribution in [3.8, 4) is 0 Å². The Balaban J connectivity index is 1.87. The quantitative estimate of drug-likeness (QED) is 0.824. The molecule has 0 radical (unpaired) electrons. The molecular weight excluding hydrogens is 232 g/mol. The highest BCUT2D eigenvalue weighted by atomic mass is 16.5. The Kier molecular flexibility index (Phi) is 2.81. The second kappa shape index (κ2) is 4.35. The molecule has 0 spiro atoms. The molecule has 2 heterocycles. The maximum atomic E-state index is 11.4. The van der Waals surface area contributed by atoms with Crippen molar-refractivity contribution in [1.29, 1.82) is 0 Å². The zero-order chi connectivity index (χ0) is 12.6. The van der Waals surface area contributed by atoms with E-state index in [2.05, 4.69) is 20.8 Å². The molecule has 0 bridgehead atoms. The van der Waals surface area contributed by atoms with Gasteiger partial charge in [-0.1, -0.05) is 5.16 Å². The fourth-order valence-electron chi connectivity index (χ4n) is 2.52. The predicted molar refractivity (Wildman–Crippen MR) is 63.9 cm³/mol. The van der Waals surface area contributed by atoms with Crippen LogP contribution in [0.15, 0.2) is 4.52 Å². The Morgan fingerprint density at radius 1 is 1.44 bits per heavy atom. The van der Waals surface area contributed by atoms with Gasteiger partial charge in [0, 0.05) is 12.8 Å². The number of nitrogens with one attached hydrogen (secondary N) is 2. The summed E-state index contributed by atoms with van der Waals surface area (Å²) in [5, 5.41) is 10.4. The smallest absolute Gasteiger partial charge is 0.229 e. The van der Waals surface area contributed by atoms with E-state index in [9.17, 15) is 4.79 Å². The van der Waals surface area contributed by atoms with E-state index in [0.717, 1.165) is 44.7 Å². The Labute approximate surface area is 106 Å². The molecule has 0 atom stereocenters. The van der Waals surface area contributed by atoms with E-state index in [4.69, 9.17) is 4.52 Å². The van der Waals surface area contributed by atoms with Gasteiger partial charge in [0.05, 0.1) is 0 Å². The molecule has 98 valence electrons. The molecule has 18 heavy (non-hydrogen) atoms. The summed E-state index contributed by atoms with van der Waals surface area (Å²) in [5.41, 5.74) is -0.451. The molecule has 1 aromatic heterocycles. The Bertz CT molecular complexity index is 447.